The average Bonchev–Trinajstić information content (AvgIpc) is 3.30. The van der Waals surface area contributed by atoms with Gasteiger partial charge in [-0.15, -0.1) is 41.2 Å². The van der Waals surface area contributed by atoms with Gasteiger partial charge in [-0.25, -0.2) is 0 Å². The minimum absolute atomic E-state index is 1.25. The van der Waals surface area contributed by atoms with Crippen molar-refractivity contribution in [1.29, 1.82) is 0 Å². The summed E-state index contributed by atoms with van der Waals surface area (Å²) in [7, 11) is 5.95. The van der Waals surface area contributed by atoms with E-state index in [1.54, 1.807) is 22.7 Å². The highest BCUT2D eigenvalue weighted by atomic mass is 32.1. The van der Waals surface area contributed by atoms with E-state index in [-0.39, 0.29) is 0 Å². The number of benzene rings is 2. The molecule has 0 N–H and O–H groups in total. The monoisotopic (exact) mass is 410 g/mol. The van der Waals surface area contributed by atoms with Crippen molar-refractivity contribution in [3.63, 3.8) is 0 Å². The third-order valence-corrected chi connectivity index (χ3v) is 7.54. The minimum Gasteiger partial charge on any atom is -0.144 e. The van der Waals surface area contributed by atoms with Gasteiger partial charge >= 0.3 is 0 Å². The first-order chi connectivity index (χ1) is 12.6. The normalized spacial score (nSPS) is 11.1. The molecular formula is C22H20P2S2. The zero-order chi connectivity index (χ0) is 18.3. The molecule has 2 unspecified atom stereocenters. The first-order valence-corrected chi connectivity index (χ1v) is 11.3. The molecule has 4 rings (SSSR count). The van der Waals surface area contributed by atoms with Crippen LogP contribution in [0.1, 0.15) is 11.1 Å². The molecular weight excluding hydrogens is 390 g/mol. The van der Waals surface area contributed by atoms with Crippen LogP contribution in [0.2, 0.25) is 0 Å². The van der Waals surface area contributed by atoms with E-state index in [1.807, 2.05) is 0 Å². The maximum absolute atomic E-state index is 2.99. The van der Waals surface area contributed by atoms with E-state index in [1.165, 1.54) is 53.7 Å². The molecule has 2 atom stereocenters. The van der Waals surface area contributed by atoms with Crippen molar-refractivity contribution >= 4 is 51.8 Å². The zero-order valence-electron chi connectivity index (χ0n) is 14.7. The van der Waals surface area contributed by atoms with E-state index >= 15 is 0 Å². The van der Waals surface area contributed by atoms with Gasteiger partial charge in [0.15, 0.2) is 0 Å². The lowest BCUT2D eigenvalue weighted by Gasteiger charge is -2.19. The highest BCUT2D eigenvalue weighted by Gasteiger charge is 2.16. The van der Waals surface area contributed by atoms with Crippen LogP contribution in [0.5, 0.6) is 0 Å². The fourth-order valence-electron chi connectivity index (χ4n) is 3.45. The first kappa shape index (κ1) is 18.1. The quantitative estimate of drug-likeness (QED) is 0.342. The predicted molar refractivity (Wildman–Crippen MR) is 127 cm³/mol. The van der Waals surface area contributed by atoms with E-state index in [0.29, 0.717) is 0 Å². The highest BCUT2D eigenvalue weighted by Crippen LogP contribution is 2.35. The van der Waals surface area contributed by atoms with E-state index in [9.17, 15) is 0 Å². The second-order valence-corrected chi connectivity index (χ2v) is 9.53. The summed E-state index contributed by atoms with van der Waals surface area (Å²) in [5.41, 5.74) is 7.89. The summed E-state index contributed by atoms with van der Waals surface area (Å²) in [6, 6.07) is 17.7. The van der Waals surface area contributed by atoms with Crippen LogP contribution in [-0.2, 0) is 0 Å². The van der Waals surface area contributed by atoms with Crippen LogP contribution in [0.25, 0.3) is 32.0 Å². The van der Waals surface area contributed by atoms with Gasteiger partial charge in [0.2, 0.25) is 0 Å². The Morgan fingerprint density at radius 3 is 2.04 bits per heavy atom. The fourth-order valence-corrected chi connectivity index (χ4v) is 6.21. The van der Waals surface area contributed by atoms with Gasteiger partial charge in [-0.05, 0) is 92.9 Å². The second kappa shape index (κ2) is 7.37. The van der Waals surface area contributed by atoms with Crippen molar-refractivity contribution in [3.8, 4) is 32.0 Å². The summed E-state index contributed by atoms with van der Waals surface area (Å²) < 4.78 is 0. The van der Waals surface area contributed by atoms with Crippen LogP contribution in [0.3, 0.4) is 0 Å². The summed E-state index contributed by atoms with van der Waals surface area (Å²) >= 11 is 3.58. The molecule has 2 heterocycles. The van der Waals surface area contributed by atoms with Crippen molar-refractivity contribution < 1.29 is 0 Å². The van der Waals surface area contributed by atoms with Crippen molar-refractivity contribution in [3.05, 3.63) is 70.4 Å². The molecule has 0 fully saturated rings. The van der Waals surface area contributed by atoms with Crippen LogP contribution in [-0.4, -0.2) is 0 Å². The topological polar surface area (TPSA) is 0 Å². The Kier molecular flexibility index (Phi) is 5.13. The fraction of sp³-hybridized carbons (Fsp3) is 0.0909. The molecule has 0 saturated heterocycles. The van der Waals surface area contributed by atoms with E-state index < -0.39 is 0 Å². The third-order valence-electron chi connectivity index (χ3n) is 4.66. The van der Waals surface area contributed by atoms with Gasteiger partial charge in [0.1, 0.15) is 0 Å². The minimum atomic E-state index is 1.25. The Bertz CT molecular complexity index is 1040. The largest absolute Gasteiger partial charge is 0.144 e. The Balaban J connectivity index is 1.92. The number of rotatable bonds is 3. The molecule has 0 spiro atoms. The standard InChI is InChI=1S/C22H20P2S2/c1-13-7-8-16(19-6-4-10-26-19)22(24)21(13)20-14(2)11-15(12-17(20)23)18-5-3-9-25-18/h3-12H,23-24H2,1-2H3. The van der Waals surface area contributed by atoms with Gasteiger partial charge in [0.05, 0.1) is 0 Å². The lowest BCUT2D eigenvalue weighted by molar-refractivity contribution is 1.44. The molecule has 0 radical (unpaired) electrons. The lowest BCUT2D eigenvalue weighted by atomic mass is 9.92. The Hall–Kier alpha value is -1.30. The van der Waals surface area contributed by atoms with Gasteiger partial charge < -0.3 is 0 Å². The van der Waals surface area contributed by atoms with Crippen LogP contribution in [0, 0.1) is 13.8 Å². The van der Waals surface area contributed by atoms with E-state index in [4.69, 9.17) is 0 Å². The predicted octanol–water partition coefficient (Wildman–Crippen LogP) is 6.43. The molecule has 2 aromatic carbocycles. The Morgan fingerprint density at radius 2 is 1.42 bits per heavy atom. The van der Waals surface area contributed by atoms with Crippen LogP contribution in [0.4, 0.5) is 0 Å². The smallest absolute Gasteiger partial charge is 0.0349 e. The number of aryl methyl sites for hydroxylation is 2. The van der Waals surface area contributed by atoms with Crippen molar-refractivity contribution in [2.45, 2.75) is 13.8 Å². The zero-order valence-corrected chi connectivity index (χ0v) is 18.7. The molecule has 0 nitrogen and oxygen atoms in total. The maximum Gasteiger partial charge on any atom is 0.0349 e. The molecule has 0 aliphatic rings. The second-order valence-electron chi connectivity index (χ2n) is 6.43. The molecule has 26 heavy (non-hydrogen) atoms. The van der Waals surface area contributed by atoms with Gasteiger partial charge in [0, 0.05) is 9.75 Å². The van der Waals surface area contributed by atoms with Crippen molar-refractivity contribution in [1.82, 2.24) is 0 Å². The molecule has 0 saturated carbocycles. The van der Waals surface area contributed by atoms with Gasteiger partial charge in [-0.3, -0.25) is 0 Å². The summed E-state index contributed by atoms with van der Waals surface area (Å²) in [5, 5.41) is 6.81. The molecule has 130 valence electrons. The molecule has 0 amide bonds. The summed E-state index contributed by atoms with van der Waals surface area (Å²) in [5.74, 6) is 0. The average molecular weight is 410 g/mol. The first-order valence-electron chi connectivity index (χ1n) is 8.43. The molecule has 2 aromatic heterocycles. The van der Waals surface area contributed by atoms with Crippen LogP contribution in [0.15, 0.2) is 59.3 Å². The molecule has 4 heteroatoms. The van der Waals surface area contributed by atoms with Crippen molar-refractivity contribution in [2.75, 3.05) is 0 Å². The number of hydrogen-bond acceptors (Lipinski definition) is 2. The highest BCUT2D eigenvalue weighted by molar-refractivity contribution is 7.29. The number of thiophene rings is 2. The van der Waals surface area contributed by atoms with Crippen LogP contribution < -0.4 is 10.6 Å². The molecule has 0 bridgehead atoms. The van der Waals surface area contributed by atoms with Crippen LogP contribution >= 0.6 is 41.2 Å². The Morgan fingerprint density at radius 1 is 0.731 bits per heavy atom. The Labute approximate surface area is 167 Å². The van der Waals surface area contributed by atoms with Crippen molar-refractivity contribution in [2.24, 2.45) is 0 Å². The SMILES string of the molecule is Cc1cc(-c2cccs2)cc(P)c1-c1c(C)ccc(-c2cccs2)c1P. The summed E-state index contributed by atoms with van der Waals surface area (Å²) in [6.45, 7) is 4.43. The number of hydrogen-bond donors (Lipinski definition) is 0. The van der Waals surface area contributed by atoms with E-state index in [2.05, 4.69) is 91.6 Å². The molecule has 0 aliphatic heterocycles. The molecule has 4 aromatic rings. The van der Waals surface area contributed by atoms with Gasteiger partial charge in [-0.2, -0.15) is 0 Å². The summed E-state index contributed by atoms with van der Waals surface area (Å²) in [6.07, 6.45) is 0. The lowest BCUT2D eigenvalue weighted by Crippen LogP contribution is -2.10. The van der Waals surface area contributed by atoms with Gasteiger partial charge in [-0.1, -0.05) is 24.3 Å². The molecule has 0 aliphatic carbocycles. The summed E-state index contributed by atoms with van der Waals surface area (Å²) in [4.78, 5) is 2.63. The van der Waals surface area contributed by atoms with Gasteiger partial charge in [0.25, 0.3) is 0 Å². The van der Waals surface area contributed by atoms with E-state index in [0.717, 1.165) is 0 Å². The maximum atomic E-state index is 2.99. The third kappa shape index (κ3) is 3.21.